The van der Waals surface area contributed by atoms with Crippen LogP contribution in [0.15, 0.2) is 22.7 Å². The standard InChI is InChI=1S/C16H26BrFN2/c1-2-3-4-5-6-7-8-9-16(20-19)14-12-13(17)10-11-15(14)18/h10-12,16,20H,2-9,19H2,1H3. The molecule has 20 heavy (non-hydrogen) atoms. The average Bonchev–Trinajstić information content (AvgIpc) is 2.45. The minimum Gasteiger partial charge on any atom is -0.271 e. The van der Waals surface area contributed by atoms with Crippen molar-refractivity contribution < 1.29 is 4.39 Å². The Labute approximate surface area is 130 Å². The number of benzene rings is 1. The van der Waals surface area contributed by atoms with Gasteiger partial charge in [-0.15, -0.1) is 0 Å². The molecule has 114 valence electrons. The molecule has 0 aliphatic carbocycles. The van der Waals surface area contributed by atoms with Crippen LogP contribution in [0, 0.1) is 5.82 Å². The Bertz CT molecular complexity index is 385. The normalized spacial score (nSPS) is 12.6. The van der Waals surface area contributed by atoms with Gasteiger partial charge in [-0.3, -0.25) is 11.3 Å². The summed E-state index contributed by atoms with van der Waals surface area (Å²) >= 11 is 3.38. The topological polar surface area (TPSA) is 38.0 Å². The predicted octanol–water partition coefficient (Wildman–Crippen LogP) is 5.23. The molecule has 0 aromatic heterocycles. The molecule has 1 atom stereocenters. The van der Waals surface area contributed by atoms with Crippen LogP contribution in [0.5, 0.6) is 0 Å². The van der Waals surface area contributed by atoms with E-state index in [1.54, 1.807) is 12.1 Å². The fourth-order valence-electron chi connectivity index (χ4n) is 2.42. The van der Waals surface area contributed by atoms with Crippen LogP contribution in [0.1, 0.15) is 69.9 Å². The molecule has 0 radical (unpaired) electrons. The highest BCUT2D eigenvalue weighted by atomic mass is 79.9. The van der Waals surface area contributed by atoms with Crippen LogP contribution in [0.25, 0.3) is 0 Å². The first-order valence-electron chi connectivity index (χ1n) is 7.60. The molecule has 0 bridgehead atoms. The number of rotatable bonds is 10. The second kappa shape index (κ2) is 10.3. The third-order valence-corrected chi connectivity index (χ3v) is 4.12. The SMILES string of the molecule is CCCCCCCCCC(NN)c1cc(Br)ccc1F. The predicted molar refractivity (Wildman–Crippen MR) is 86.8 cm³/mol. The van der Waals surface area contributed by atoms with Crippen molar-refractivity contribution in [2.24, 2.45) is 5.84 Å². The summed E-state index contributed by atoms with van der Waals surface area (Å²) in [5.41, 5.74) is 3.38. The van der Waals surface area contributed by atoms with Gasteiger partial charge in [0.15, 0.2) is 0 Å². The molecule has 0 fully saturated rings. The lowest BCUT2D eigenvalue weighted by Crippen LogP contribution is -2.28. The molecular formula is C16H26BrFN2. The van der Waals surface area contributed by atoms with Crippen LogP contribution in [-0.2, 0) is 0 Å². The van der Waals surface area contributed by atoms with Gasteiger partial charge in [-0.05, 0) is 24.6 Å². The minimum absolute atomic E-state index is 0.108. The maximum Gasteiger partial charge on any atom is 0.128 e. The number of hydrazine groups is 1. The maximum absolute atomic E-state index is 13.8. The van der Waals surface area contributed by atoms with Gasteiger partial charge in [0.05, 0.1) is 0 Å². The Morgan fingerprint density at radius 1 is 1.15 bits per heavy atom. The Kier molecular flexibility index (Phi) is 9.07. The third kappa shape index (κ3) is 6.33. The molecule has 0 aliphatic rings. The fourth-order valence-corrected chi connectivity index (χ4v) is 2.79. The van der Waals surface area contributed by atoms with Crippen LogP contribution in [0.2, 0.25) is 0 Å². The highest BCUT2D eigenvalue weighted by Gasteiger charge is 2.14. The number of hydrogen-bond donors (Lipinski definition) is 2. The summed E-state index contributed by atoms with van der Waals surface area (Å²) in [6.07, 6.45) is 9.65. The largest absolute Gasteiger partial charge is 0.271 e. The molecule has 3 N–H and O–H groups in total. The van der Waals surface area contributed by atoms with Gasteiger partial charge >= 0.3 is 0 Å². The Morgan fingerprint density at radius 2 is 1.80 bits per heavy atom. The van der Waals surface area contributed by atoms with Crippen LogP contribution in [-0.4, -0.2) is 0 Å². The van der Waals surface area contributed by atoms with Crippen LogP contribution in [0.4, 0.5) is 4.39 Å². The summed E-state index contributed by atoms with van der Waals surface area (Å²) in [5.74, 6) is 5.38. The molecule has 0 heterocycles. The number of halogens is 2. The van der Waals surface area contributed by atoms with Crippen molar-refractivity contribution in [1.29, 1.82) is 0 Å². The second-order valence-corrected chi connectivity index (χ2v) is 6.21. The molecule has 1 rings (SSSR count). The molecule has 2 nitrogen and oxygen atoms in total. The maximum atomic E-state index is 13.8. The van der Waals surface area contributed by atoms with E-state index in [9.17, 15) is 4.39 Å². The molecule has 1 unspecified atom stereocenters. The van der Waals surface area contributed by atoms with Crippen molar-refractivity contribution in [1.82, 2.24) is 5.43 Å². The molecule has 0 spiro atoms. The van der Waals surface area contributed by atoms with E-state index in [1.807, 2.05) is 0 Å². The lowest BCUT2D eigenvalue weighted by Gasteiger charge is -2.17. The molecule has 1 aromatic rings. The number of unbranched alkanes of at least 4 members (excludes halogenated alkanes) is 6. The monoisotopic (exact) mass is 344 g/mol. The van der Waals surface area contributed by atoms with Gasteiger partial charge in [0.1, 0.15) is 5.82 Å². The van der Waals surface area contributed by atoms with Crippen molar-refractivity contribution in [3.63, 3.8) is 0 Å². The molecule has 4 heteroatoms. The first kappa shape index (κ1) is 17.6. The van der Waals surface area contributed by atoms with Gasteiger partial charge in [-0.25, -0.2) is 4.39 Å². The van der Waals surface area contributed by atoms with Crippen LogP contribution < -0.4 is 11.3 Å². The highest BCUT2D eigenvalue weighted by molar-refractivity contribution is 9.10. The number of hydrogen-bond acceptors (Lipinski definition) is 2. The van der Waals surface area contributed by atoms with Gasteiger partial charge in [0.2, 0.25) is 0 Å². The average molecular weight is 345 g/mol. The van der Waals surface area contributed by atoms with E-state index in [0.29, 0.717) is 5.56 Å². The van der Waals surface area contributed by atoms with Crippen molar-refractivity contribution in [2.75, 3.05) is 0 Å². The van der Waals surface area contributed by atoms with E-state index in [1.165, 1.54) is 44.6 Å². The molecule has 1 aromatic carbocycles. The van der Waals surface area contributed by atoms with Gasteiger partial charge in [0, 0.05) is 16.1 Å². The number of nitrogens with two attached hydrogens (primary N) is 1. The lowest BCUT2D eigenvalue weighted by molar-refractivity contribution is 0.456. The zero-order valence-corrected chi connectivity index (χ0v) is 13.9. The van der Waals surface area contributed by atoms with E-state index >= 15 is 0 Å². The summed E-state index contributed by atoms with van der Waals surface area (Å²) in [6, 6.07) is 4.89. The quantitative estimate of drug-likeness (QED) is 0.346. The highest BCUT2D eigenvalue weighted by Crippen LogP contribution is 2.25. The minimum atomic E-state index is -0.195. The van der Waals surface area contributed by atoms with E-state index in [2.05, 4.69) is 28.3 Å². The molecule has 0 aliphatic heterocycles. The smallest absolute Gasteiger partial charge is 0.128 e. The van der Waals surface area contributed by atoms with Crippen molar-refractivity contribution in [3.05, 3.63) is 34.1 Å². The first-order valence-corrected chi connectivity index (χ1v) is 8.39. The Hall–Kier alpha value is -0.450. The van der Waals surface area contributed by atoms with Gasteiger partial charge in [-0.1, -0.05) is 67.8 Å². The summed E-state index contributed by atoms with van der Waals surface area (Å²) in [6.45, 7) is 2.23. The van der Waals surface area contributed by atoms with Crippen LogP contribution in [0.3, 0.4) is 0 Å². The van der Waals surface area contributed by atoms with Gasteiger partial charge < -0.3 is 0 Å². The third-order valence-electron chi connectivity index (χ3n) is 3.63. The Balaban J connectivity index is 2.34. The molecular weight excluding hydrogens is 319 g/mol. The van der Waals surface area contributed by atoms with Crippen molar-refractivity contribution in [2.45, 2.75) is 64.3 Å². The van der Waals surface area contributed by atoms with E-state index in [-0.39, 0.29) is 11.9 Å². The summed E-state index contributed by atoms with van der Waals surface area (Å²) in [7, 11) is 0. The van der Waals surface area contributed by atoms with Gasteiger partial charge in [-0.2, -0.15) is 0 Å². The molecule has 0 amide bonds. The van der Waals surface area contributed by atoms with E-state index in [4.69, 9.17) is 5.84 Å². The Morgan fingerprint density at radius 3 is 2.45 bits per heavy atom. The zero-order chi connectivity index (χ0) is 14.8. The molecule has 0 saturated carbocycles. The fraction of sp³-hybridized carbons (Fsp3) is 0.625. The van der Waals surface area contributed by atoms with E-state index in [0.717, 1.165) is 17.3 Å². The lowest BCUT2D eigenvalue weighted by atomic mass is 9.99. The second-order valence-electron chi connectivity index (χ2n) is 5.30. The zero-order valence-electron chi connectivity index (χ0n) is 12.3. The van der Waals surface area contributed by atoms with Crippen molar-refractivity contribution >= 4 is 15.9 Å². The summed E-state index contributed by atoms with van der Waals surface area (Å²) in [5, 5.41) is 0. The van der Waals surface area contributed by atoms with Crippen molar-refractivity contribution in [3.8, 4) is 0 Å². The van der Waals surface area contributed by atoms with E-state index < -0.39 is 0 Å². The number of nitrogens with one attached hydrogen (secondary N) is 1. The summed E-state index contributed by atoms with van der Waals surface area (Å²) < 4.78 is 14.7. The van der Waals surface area contributed by atoms with Crippen LogP contribution >= 0.6 is 15.9 Å². The molecule has 0 saturated heterocycles. The van der Waals surface area contributed by atoms with Gasteiger partial charge in [0.25, 0.3) is 0 Å². The first-order chi connectivity index (χ1) is 9.69. The summed E-state index contributed by atoms with van der Waals surface area (Å²) in [4.78, 5) is 0.